The third-order valence-corrected chi connectivity index (χ3v) is 3.07. The first-order chi connectivity index (χ1) is 10.1. The van der Waals surface area contributed by atoms with E-state index in [4.69, 9.17) is 9.47 Å². The summed E-state index contributed by atoms with van der Waals surface area (Å²) < 4.78 is 16.3. The molecule has 0 N–H and O–H groups in total. The molecule has 108 valence electrons. The minimum atomic E-state index is -0.600. The number of nitrogens with zero attached hydrogens (tertiary/aromatic N) is 2. The number of carbonyl (C=O) groups is 2. The molecule has 1 aliphatic heterocycles. The minimum Gasteiger partial charge on any atom is -0.464 e. The molecule has 7 nitrogen and oxygen atoms in total. The van der Waals surface area contributed by atoms with Crippen LogP contribution < -0.4 is 9.47 Å². The summed E-state index contributed by atoms with van der Waals surface area (Å²) >= 11 is 0. The van der Waals surface area contributed by atoms with Crippen molar-refractivity contribution in [2.75, 3.05) is 13.9 Å². The van der Waals surface area contributed by atoms with E-state index in [0.717, 1.165) is 4.68 Å². The Kier molecular flexibility index (Phi) is 3.09. The molecule has 0 aliphatic carbocycles. The topological polar surface area (TPSA) is 79.7 Å². The fourth-order valence-electron chi connectivity index (χ4n) is 2.09. The van der Waals surface area contributed by atoms with E-state index in [1.807, 2.05) is 0 Å². The van der Waals surface area contributed by atoms with Gasteiger partial charge in [0.1, 0.15) is 0 Å². The molecule has 1 aliphatic rings. The van der Waals surface area contributed by atoms with E-state index in [9.17, 15) is 9.59 Å². The Balaban J connectivity index is 2.10. The fraction of sp³-hybridized carbons (Fsp3) is 0.214. The highest BCUT2D eigenvalue weighted by Crippen LogP contribution is 2.36. The Hall–Kier alpha value is -2.83. The highest BCUT2D eigenvalue weighted by atomic mass is 16.7. The summed E-state index contributed by atoms with van der Waals surface area (Å²) in [5.74, 6) is 0.319. The van der Waals surface area contributed by atoms with E-state index >= 15 is 0 Å². The summed E-state index contributed by atoms with van der Waals surface area (Å²) in [4.78, 5) is 23.3. The zero-order valence-electron chi connectivity index (χ0n) is 11.5. The predicted molar refractivity (Wildman–Crippen MR) is 71.4 cm³/mol. The Labute approximate surface area is 120 Å². The summed E-state index contributed by atoms with van der Waals surface area (Å²) in [6.45, 7) is 1.53. The lowest BCUT2D eigenvalue weighted by molar-refractivity contribution is 0.0593. The van der Waals surface area contributed by atoms with Crippen LogP contribution in [0.15, 0.2) is 24.3 Å². The third kappa shape index (κ3) is 2.22. The monoisotopic (exact) mass is 288 g/mol. The second-order valence-corrected chi connectivity index (χ2v) is 4.41. The quantitative estimate of drug-likeness (QED) is 0.783. The summed E-state index contributed by atoms with van der Waals surface area (Å²) in [6, 6.07) is 6.75. The molecule has 0 spiro atoms. The first-order valence-corrected chi connectivity index (χ1v) is 6.19. The van der Waals surface area contributed by atoms with E-state index in [0.29, 0.717) is 22.8 Å². The maximum absolute atomic E-state index is 11.7. The summed E-state index contributed by atoms with van der Waals surface area (Å²) in [7, 11) is 1.26. The van der Waals surface area contributed by atoms with Crippen LogP contribution in [0.25, 0.3) is 11.3 Å². The number of methoxy groups -OCH3 is 1. The summed E-state index contributed by atoms with van der Waals surface area (Å²) in [6.07, 6.45) is 0. The van der Waals surface area contributed by atoms with Gasteiger partial charge in [-0.1, -0.05) is 0 Å². The number of carbonyl (C=O) groups excluding carboxylic acids is 2. The van der Waals surface area contributed by atoms with Gasteiger partial charge >= 0.3 is 5.97 Å². The Morgan fingerprint density at radius 3 is 2.71 bits per heavy atom. The smallest absolute Gasteiger partial charge is 0.358 e. The zero-order valence-corrected chi connectivity index (χ0v) is 11.5. The highest BCUT2D eigenvalue weighted by molar-refractivity contribution is 5.91. The van der Waals surface area contributed by atoms with Gasteiger partial charge in [0.2, 0.25) is 12.7 Å². The summed E-state index contributed by atoms with van der Waals surface area (Å²) in [5.41, 5.74) is 1.25. The third-order valence-electron chi connectivity index (χ3n) is 3.07. The second kappa shape index (κ2) is 4.93. The molecule has 0 unspecified atom stereocenters. The molecular weight excluding hydrogens is 276 g/mol. The van der Waals surface area contributed by atoms with Crippen molar-refractivity contribution in [1.29, 1.82) is 0 Å². The van der Waals surface area contributed by atoms with Crippen LogP contribution >= 0.6 is 0 Å². The lowest BCUT2D eigenvalue weighted by Gasteiger charge is -2.04. The van der Waals surface area contributed by atoms with Crippen molar-refractivity contribution in [2.45, 2.75) is 6.92 Å². The fourth-order valence-corrected chi connectivity index (χ4v) is 2.09. The zero-order chi connectivity index (χ0) is 15.0. The number of ether oxygens (including phenoxy) is 3. The molecular formula is C14H12N2O5. The van der Waals surface area contributed by atoms with E-state index in [-0.39, 0.29) is 18.4 Å². The molecule has 3 rings (SSSR count). The van der Waals surface area contributed by atoms with Crippen LogP contribution in [0.2, 0.25) is 0 Å². The number of rotatable bonds is 2. The number of benzene rings is 1. The molecule has 0 fully saturated rings. The molecule has 1 aromatic heterocycles. The normalized spacial score (nSPS) is 12.3. The van der Waals surface area contributed by atoms with Gasteiger partial charge in [0.05, 0.1) is 12.8 Å². The van der Waals surface area contributed by atoms with Crippen molar-refractivity contribution in [3.05, 3.63) is 30.0 Å². The van der Waals surface area contributed by atoms with Crippen LogP contribution in [0, 0.1) is 0 Å². The molecule has 2 aromatic rings. The number of aromatic nitrogens is 2. The number of hydrogen-bond donors (Lipinski definition) is 0. The van der Waals surface area contributed by atoms with Gasteiger partial charge in [-0.2, -0.15) is 9.78 Å². The van der Waals surface area contributed by atoms with Gasteiger partial charge in [-0.3, -0.25) is 4.79 Å². The molecule has 21 heavy (non-hydrogen) atoms. The molecule has 0 saturated heterocycles. The Morgan fingerprint density at radius 1 is 1.24 bits per heavy atom. The maximum atomic E-state index is 11.7. The maximum Gasteiger partial charge on any atom is 0.358 e. The van der Waals surface area contributed by atoms with Crippen LogP contribution in [0.1, 0.15) is 22.2 Å². The number of hydrogen-bond acceptors (Lipinski definition) is 6. The minimum absolute atomic E-state index is 0.0698. The van der Waals surface area contributed by atoms with Crippen LogP contribution in [-0.4, -0.2) is 35.6 Å². The van der Waals surface area contributed by atoms with Gasteiger partial charge < -0.3 is 14.2 Å². The molecule has 2 heterocycles. The van der Waals surface area contributed by atoms with Gasteiger partial charge in [0, 0.05) is 12.5 Å². The average Bonchev–Trinajstić information content (AvgIpc) is 3.11. The van der Waals surface area contributed by atoms with Crippen molar-refractivity contribution < 1.29 is 23.8 Å². The molecule has 7 heteroatoms. The number of fused-ring (bicyclic) bond motifs is 1. The molecule has 0 saturated carbocycles. The van der Waals surface area contributed by atoms with Crippen molar-refractivity contribution in [3.63, 3.8) is 0 Å². The molecule has 0 bridgehead atoms. The van der Waals surface area contributed by atoms with E-state index in [1.54, 1.807) is 18.2 Å². The first-order valence-electron chi connectivity index (χ1n) is 6.19. The average molecular weight is 288 g/mol. The van der Waals surface area contributed by atoms with Crippen molar-refractivity contribution >= 4 is 11.9 Å². The van der Waals surface area contributed by atoms with E-state index in [1.165, 1.54) is 20.1 Å². The van der Waals surface area contributed by atoms with Gasteiger partial charge in [-0.25, -0.2) is 4.79 Å². The van der Waals surface area contributed by atoms with E-state index < -0.39 is 5.97 Å². The lowest BCUT2D eigenvalue weighted by atomic mass is 10.1. The van der Waals surface area contributed by atoms with Gasteiger partial charge in [-0.15, -0.1) is 0 Å². The molecule has 0 amide bonds. The highest BCUT2D eigenvalue weighted by Gasteiger charge is 2.20. The van der Waals surface area contributed by atoms with Crippen LogP contribution in [0.4, 0.5) is 0 Å². The second-order valence-electron chi connectivity index (χ2n) is 4.41. The van der Waals surface area contributed by atoms with Gasteiger partial charge in [0.15, 0.2) is 17.2 Å². The van der Waals surface area contributed by atoms with Crippen LogP contribution in [0.3, 0.4) is 0 Å². The first kappa shape index (κ1) is 13.2. The molecule has 1 aromatic carbocycles. The van der Waals surface area contributed by atoms with Crippen LogP contribution in [0.5, 0.6) is 11.5 Å². The Bertz CT molecular complexity index is 735. The predicted octanol–water partition coefficient (Wildman–Crippen LogP) is 1.73. The van der Waals surface area contributed by atoms with Crippen molar-refractivity contribution in [3.8, 4) is 22.8 Å². The Morgan fingerprint density at radius 2 is 2.00 bits per heavy atom. The van der Waals surface area contributed by atoms with Gasteiger partial charge in [0.25, 0.3) is 0 Å². The standard InChI is InChI=1S/C14H12N2O5/c1-8(17)16-11(6-10(15-16)14(18)19-2)9-3-4-12-13(5-9)21-7-20-12/h3-6H,7H2,1-2H3. The SMILES string of the molecule is COC(=O)c1cc(-c2ccc3c(c2)OCO3)n(C(C)=O)n1. The van der Waals surface area contributed by atoms with Gasteiger partial charge in [-0.05, 0) is 24.3 Å². The van der Waals surface area contributed by atoms with Crippen molar-refractivity contribution in [1.82, 2.24) is 9.78 Å². The summed E-state index contributed by atoms with van der Waals surface area (Å²) in [5, 5.41) is 3.97. The van der Waals surface area contributed by atoms with E-state index in [2.05, 4.69) is 9.84 Å². The van der Waals surface area contributed by atoms with Crippen LogP contribution in [-0.2, 0) is 4.74 Å². The molecule has 0 atom stereocenters. The molecule has 0 radical (unpaired) electrons. The largest absolute Gasteiger partial charge is 0.464 e. The van der Waals surface area contributed by atoms with Crippen molar-refractivity contribution in [2.24, 2.45) is 0 Å². The number of esters is 1. The lowest BCUT2D eigenvalue weighted by Crippen LogP contribution is -2.11.